The molecule has 1 aromatic carbocycles. The van der Waals surface area contributed by atoms with Gasteiger partial charge in [-0.25, -0.2) is 14.8 Å². The van der Waals surface area contributed by atoms with Gasteiger partial charge in [-0.1, -0.05) is 12.1 Å². The normalized spacial score (nSPS) is 11.4. The molecular formula is C14H8N4O2S. The fourth-order valence-electron chi connectivity index (χ4n) is 2.41. The number of anilines is 1. The van der Waals surface area contributed by atoms with E-state index in [4.69, 9.17) is 22.4 Å². The van der Waals surface area contributed by atoms with Crippen LogP contribution in [0.5, 0.6) is 0 Å². The summed E-state index contributed by atoms with van der Waals surface area (Å²) in [5.74, 6) is 0.188. The zero-order chi connectivity index (χ0) is 14.6. The minimum atomic E-state index is -0.540. The molecule has 0 saturated heterocycles. The average Bonchev–Trinajstić information content (AvgIpc) is 2.47. The van der Waals surface area contributed by atoms with Crippen molar-refractivity contribution in [2.75, 3.05) is 5.73 Å². The highest BCUT2D eigenvalue weighted by Crippen LogP contribution is 2.25. The summed E-state index contributed by atoms with van der Waals surface area (Å²) >= 11 is 5.14. The van der Waals surface area contributed by atoms with Crippen molar-refractivity contribution in [2.45, 2.75) is 0 Å². The molecule has 2 N–H and O–H groups in total. The first-order valence-electron chi connectivity index (χ1n) is 6.15. The third-order valence-electron chi connectivity index (χ3n) is 3.34. The first-order chi connectivity index (χ1) is 10.2. The smallest absolute Gasteiger partial charge is 0.349 e. The van der Waals surface area contributed by atoms with Gasteiger partial charge in [0.15, 0.2) is 0 Å². The Morgan fingerprint density at radius 3 is 2.90 bits per heavy atom. The second kappa shape index (κ2) is 4.10. The SMILES string of the molecule is Nc1c2c(=O)oc3ccccc3c2nc2ccnc(=S)n12. The topological polar surface area (TPSA) is 86.4 Å². The van der Waals surface area contributed by atoms with Crippen molar-refractivity contribution in [1.82, 2.24) is 14.4 Å². The standard InChI is InChI=1S/C14H8N4O2S/c15-12-10-11(17-9-5-6-16-14(21)18(9)12)7-3-1-2-4-8(7)20-13(10)19/h1-6H,15H2. The van der Waals surface area contributed by atoms with Gasteiger partial charge in [0.1, 0.15) is 22.4 Å². The minimum Gasteiger partial charge on any atom is -0.422 e. The van der Waals surface area contributed by atoms with Crippen molar-refractivity contribution < 1.29 is 4.42 Å². The van der Waals surface area contributed by atoms with Crippen LogP contribution in [-0.2, 0) is 0 Å². The molecule has 3 aromatic heterocycles. The Balaban J connectivity index is 2.42. The average molecular weight is 296 g/mol. The van der Waals surface area contributed by atoms with Gasteiger partial charge in [-0.3, -0.25) is 4.40 Å². The highest BCUT2D eigenvalue weighted by Gasteiger charge is 2.14. The van der Waals surface area contributed by atoms with Crippen LogP contribution in [0.15, 0.2) is 45.7 Å². The van der Waals surface area contributed by atoms with Gasteiger partial charge < -0.3 is 10.2 Å². The first-order valence-corrected chi connectivity index (χ1v) is 6.56. The summed E-state index contributed by atoms with van der Waals surface area (Å²) in [6.07, 6.45) is 1.56. The number of hydrogen-bond donors (Lipinski definition) is 1. The van der Waals surface area contributed by atoms with Crippen molar-refractivity contribution in [3.8, 4) is 0 Å². The Morgan fingerprint density at radius 2 is 2.05 bits per heavy atom. The van der Waals surface area contributed by atoms with Gasteiger partial charge in [-0.2, -0.15) is 0 Å². The lowest BCUT2D eigenvalue weighted by molar-refractivity contribution is 0.569. The monoisotopic (exact) mass is 296 g/mol. The number of hydrogen-bond acceptors (Lipinski definition) is 6. The Morgan fingerprint density at radius 1 is 1.24 bits per heavy atom. The van der Waals surface area contributed by atoms with Gasteiger partial charge in [-0.05, 0) is 30.4 Å². The van der Waals surface area contributed by atoms with Gasteiger partial charge >= 0.3 is 5.63 Å². The highest BCUT2D eigenvalue weighted by molar-refractivity contribution is 7.71. The van der Waals surface area contributed by atoms with Crippen molar-refractivity contribution in [3.63, 3.8) is 0 Å². The van der Waals surface area contributed by atoms with Gasteiger partial charge in [0.2, 0.25) is 4.77 Å². The maximum Gasteiger partial charge on any atom is 0.349 e. The molecule has 0 atom stereocenters. The van der Waals surface area contributed by atoms with E-state index in [0.29, 0.717) is 16.7 Å². The number of para-hydroxylation sites is 1. The summed E-state index contributed by atoms with van der Waals surface area (Å²) < 4.78 is 7.01. The van der Waals surface area contributed by atoms with Gasteiger partial charge in [0.05, 0.1) is 5.52 Å². The molecule has 0 radical (unpaired) electrons. The molecule has 4 rings (SSSR count). The molecule has 7 heteroatoms. The molecule has 0 unspecified atom stereocenters. The first kappa shape index (κ1) is 12.0. The Bertz CT molecular complexity index is 1150. The maximum absolute atomic E-state index is 12.2. The van der Waals surface area contributed by atoms with Crippen LogP contribution in [0.25, 0.3) is 27.5 Å². The van der Waals surface area contributed by atoms with Crippen molar-refractivity contribution in [1.29, 1.82) is 0 Å². The van der Waals surface area contributed by atoms with Crippen LogP contribution < -0.4 is 11.4 Å². The molecule has 0 aliphatic heterocycles. The van der Waals surface area contributed by atoms with E-state index in [-0.39, 0.29) is 16.0 Å². The van der Waals surface area contributed by atoms with E-state index >= 15 is 0 Å². The lowest BCUT2D eigenvalue weighted by Crippen LogP contribution is -2.11. The molecule has 0 bridgehead atoms. The second-order valence-electron chi connectivity index (χ2n) is 4.53. The van der Waals surface area contributed by atoms with E-state index in [1.807, 2.05) is 12.1 Å². The molecule has 0 spiro atoms. The number of benzene rings is 1. The third-order valence-corrected chi connectivity index (χ3v) is 3.63. The number of nitrogens with two attached hydrogens (primary N) is 1. The molecule has 102 valence electrons. The van der Waals surface area contributed by atoms with Crippen LogP contribution in [0.1, 0.15) is 0 Å². The second-order valence-corrected chi connectivity index (χ2v) is 4.89. The van der Waals surface area contributed by atoms with Crippen molar-refractivity contribution in [3.05, 3.63) is 51.7 Å². The Hall–Kier alpha value is -2.80. The van der Waals surface area contributed by atoms with E-state index in [1.165, 1.54) is 4.40 Å². The lowest BCUT2D eigenvalue weighted by Gasteiger charge is -2.08. The molecule has 4 aromatic rings. The third kappa shape index (κ3) is 1.58. The predicted octanol–water partition coefficient (Wildman–Crippen LogP) is 2.30. The summed E-state index contributed by atoms with van der Waals surface area (Å²) in [6.45, 7) is 0. The van der Waals surface area contributed by atoms with Crippen molar-refractivity contribution in [2.24, 2.45) is 0 Å². The number of rotatable bonds is 0. The molecule has 3 heterocycles. The van der Waals surface area contributed by atoms with Gasteiger partial charge in [-0.15, -0.1) is 0 Å². The van der Waals surface area contributed by atoms with Crippen molar-refractivity contribution >= 4 is 45.6 Å². The zero-order valence-corrected chi connectivity index (χ0v) is 11.4. The number of nitrogen functional groups attached to an aromatic ring is 1. The molecule has 6 nitrogen and oxygen atoms in total. The van der Waals surface area contributed by atoms with E-state index < -0.39 is 5.63 Å². The lowest BCUT2D eigenvalue weighted by atomic mass is 10.1. The van der Waals surface area contributed by atoms with E-state index in [1.54, 1.807) is 24.4 Å². The van der Waals surface area contributed by atoms with Crippen LogP contribution in [0, 0.1) is 4.77 Å². The van der Waals surface area contributed by atoms with E-state index in [9.17, 15) is 4.79 Å². The van der Waals surface area contributed by atoms with E-state index in [2.05, 4.69) is 9.97 Å². The molecule has 0 saturated carbocycles. The quantitative estimate of drug-likeness (QED) is 0.232. The molecule has 0 aliphatic carbocycles. The summed E-state index contributed by atoms with van der Waals surface area (Å²) in [5.41, 5.74) is 7.07. The largest absolute Gasteiger partial charge is 0.422 e. The molecule has 21 heavy (non-hydrogen) atoms. The van der Waals surface area contributed by atoms with Crippen LogP contribution >= 0.6 is 12.2 Å². The molecule has 0 aliphatic rings. The Labute approximate surface area is 122 Å². The fraction of sp³-hybridized carbons (Fsp3) is 0. The number of fused-ring (bicyclic) bond motifs is 4. The van der Waals surface area contributed by atoms with E-state index in [0.717, 1.165) is 5.39 Å². The molecular weight excluding hydrogens is 288 g/mol. The summed E-state index contributed by atoms with van der Waals surface area (Å²) in [6, 6.07) is 8.88. The zero-order valence-electron chi connectivity index (χ0n) is 10.6. The van der Waals surface area contributed by atoms with Crippen LogP contribution in [0.2, 0.25) is 0 Å². The van der Waals surface area contributed by atoms with Crippen LogP contribution in [0.4, 0.5) is 5.82 Å². The highest BCUT2D eigenvalue weighted by atomic mass is 32.1. The number of nitrogens with zero attached hydrogens (tertiary/aromatic N) is 3. The molecule has 0 amide bonds. The van der Waals surface area contributed by atoms with Gasteiger partial charge in [0, 0.05) is 11.6 Å². The number of aromatic nitrogens is 3. The minimum absolute atomic E-state index is 0.188. The summed E-state index contributed by atoms with van der Waals surface area (Å²) in [4.78, 5) is 20.7. The van der Waals surface area contributed by atoms with Crippen LogP contribution in [-0.4, -0.2) is 14.4 Å². The summed E-state index contributed by atoms with van der Waals surface area (Å²) in [5, 5.41) is 0.939. The molecule has 0 fully saturated rings. The maximum atomic E-state index is 12.2. The predicted molar refractivity (Wildman–Crippen MR) is 81.8 cm³/mol. The fourth-order valence-corrected chi connectivity index (χ4v) is 2.67. The summed E-state index contributed by atoms with van der Waals surface area (Å²) in [7, 11) is 0. The van der Waals surface area contributed by atoms with Gasteiger partial charge in [0.25, 0.3) is 0 Å². The van der Waals surface area contributed by atoms with Crippen LogP contribution in [0.3, 0.4) is 0 Å². The Kier molecular flexibility index (Phi) is 2.34.